The molecule has 25 heavy (non-hydrogen) atoms. The van der Waals surface area contributed by atoms with E-state index in [1.54, 1.807) is 0 Å². The molecule has 1 saturated heterocycles. The van der Waals surface area contributed by atoms with E-state index in [0.717, 1.165) is 44.9 Å². The highest BCUT2D eigenvalue weighted by molar-refractivity contribution is 6.67. The standard InChI is InChI=1S/C19H22Cl3NO2/c20-19(21,22)13-23(16(24)25)12-11-17-8-3-4-9-18(17,23)15-6-2-1-5-14(15)7-10-17/h1-2,5-6H,3-4,7-13H2/p+1. The van der Waals surface area contributed by atoms with Gasteiger partial charge in [0.2, 0.25) is 3.79 Å². The van der Waals surface area contributed by atoms with Gasteiger partial charge in [0.25, 0.3) is 0 Å². The van der Waals surface area contributed by atoms with Crippen molar-refractivity contribution in [3.05, 3.63) is 35.4 Å². The molecule has 2 aliphatic carbocycles. The molecule has 1 heterocycles. The van der Waals surface area contributed by atoms with Gasteiger partial charge in [-0.05, 0) is 31.2 Å². The first kappa shape index (κ1) is 17.9. The molecule has 0 aromatic heterocycles. The summed E-state index contributed by atoms with van der Waals surface area (Å²) in [5.74, 6) is 0. The van der Waals surface area contributed by atoms with Gasteiger partial charge in [-0.2, -0.15) is 4.79 Å². The summed E-state index contributed by atoms with van der Waals surface area (Å²) in [6.45, 7) is 0.556. The van der Waals surface area contributed by atoms with E-state index in [-0.39, 0.29) is 16.4 Å². The molecule has 1 saturated carbocycles. The Kier molecular flexibility index (Phi) is 4.12. The van der Waals surface area contributed by atoms with E-state index in [1.165, 1.54) is 11.1 Å². The number of likely N-dealkylation sites (tertiary alicyclic amines) is 1. The van der Waals surface area contributed by atoms with Gasteiger partial charge >= 0.3 is 6.09 Å². The number of hydrogen-bond acceptors (Lipinski definition) is 1. The average molecular weight is 404 g/mol. The van der Waals surface area contributed by atoms with Crippen LogP contribution >= 0.6 is 34.8 Å². The maximum atomic E-state index is 12.7. The number of amides is 1. The van der Waals surface area contributed by atoms with Crippen LogP contribution in [0, 0.1) is 5.41 Å². The second-order valence-corrected chi connectivity index (χ2v) is 10.5. The zero-order valence-corrected chi connectivity index (χ0v) is 16.4. The van der Waals surface area contributed by atoms with Crippen LogP contribution in [0.15, 0.2) is 24.3 Å². The minimum atomic E-state index is -1.59. The lowest BCUT2D eigenvalue weighted by molar-refractivity contribution is -0.911. The van der Waals surface area contributed by atoms with Crippen LogP contribution in [0.2, 0.25) is 0 Å². The van der Waals surface area contributed by atoms with Crippen molar-refractivity contribution in [1.82, 2.24) is 0 Å². The van der Waals surface area contributed by atoms with Crippen LogP contribution in [-0.4, -0.2) is 32.6 Å². The summed E-state index contributed by atoms with van der Waals surface area (Å²) in [5.41, 5.74) is 1.99. The highest BCUT2D eigenvalue weighted by atomic mass is 35.6. The SMILES string of the molecule is O=C(O)[N+]1(CC(Cl)(Cl)Cl)CCC23CCCCC21c1ccccc1CC3. The van der Waals surface area contributed by atoms with Gasteiger partial charge in [0, 0.05) is 23.8 Å². The molecule has 3 unspecified atom stereocenters. The first-order valence-corrected chi connectivity index (χ1v) is 10.2. The van der Waals surface area contributed by atoms with Crippen molar-refractivity contribution in [2.75, 3.05) is 13.1 Å². The first-order valence-electron chi connectivity index (χ1n) is 9.02. The second kappa shape index (κ2) is 5.76. The van der Waals surface area contributed by atoms with Gasteiger partial charge in [0.1, 0.15) is 12.1 Å². The van der Waals surface area contributed by atoms with Crippen LogP contribution in [0.3, 0.4) is 0 Å². The van der Waals surface area contributed by atoms with Gasteiger partial charge in [0.05, 0.1) is 6.54 Å². The number of rotatable bonds is 1. The van der Waals surface area contributed by atoms with Crippen molar-refractivity contribution in [2.24, 2.45) is 5.41 Å². The molecular formula is C19H23Cl3NO2+. The number of alkyl halides is 3. The molecule has 1 aliphatic heterocycles. The van der Waals surface area contributed by atoms with Crippen molar-refractivity contribution in [3.8, 4) is 0 Å². The zero-order chi connectivity index (χ0) is 17.9. The first-order chi connectivity index (χ1) is 11.8. The maximum Gasteiger partial charge on any atom is 0.514 e. The Labute approximate surface area is 163 Å². The lowest BCUT2D eigenvalue weighted by atomic mass is 9.53. The predicted molar refractivity (Wildman–Crippen MR) is 100 cm³/mol. The molecule has 3 nitrogen and oxygen atoms in total. The van der Waals surface area contributed by atoms with Gasteiger partial charge in [0.15, 0.2) is 0 Å². The summed E-state index contributed by atoms with van der Waals surface area (Å²) in [6, 6.07) is 8.36. The smallest absolute Gasteiger partial charge is 0.435 e. The van der Waals surface area contributed by atoms with Crippen LogP contribution in [0.25, 0.3) is 0 Å². The van der Waals surface area contributed by atoms with E-state index in [1.807, 2.05) is 12.1 Å². The molecule has 3 aliphatic rings. The summed E-state index contributed by atoms with van der Waals surface area (Å²) in [5, 5.41) is 10.4. The summed E-state index contributed by atoms with van der Waals surface area (Å²) < 4.78 is -1.73. The molecule has 3 atom stereocenters. The van der Waals surface area contributed by atoms with Crippen LogP contribution in [0.4, 0.5) is 4.79 Å². The van der Waals surface area contributed by atoms with Crippen molar-refractivity contribution >= 4 is 40.9 Å². The lowest BCUT2D eigenvalue weighted by Gasteiger charge is -2.57. The summed E-state index contributed by atoms with van der Waals surface area (Å²) >= 11 is 18.5. The van der Waals surface area contributed by atoms with Crippen molar-refractivity contribution < 1.29 is 14.4 Å². The van der Waals surface area contributed by atoms with Crippen molar-refractivity contribution in [1.29, 1.82) is 0 Å². The van der Waals surface area contributed by atoms with Crippen molar-refractivity contribution in [2.45, 2.75) is 54.3 Å². The predicted octanol–water partition coefficient (Wildman–Crippen LogP) is 5.66. The normalized spacial score (nSPS) is 37.1. The number of nitrogens with zero attached hydrogens (tertiary/aromatic N) is 1. The van der Waals surface area contributed by atoms with Crippen LogP contribution in [-0.2, 0) is 12.0 Å². The third-order valence-electron chi connectivity index (χ3n) is 7.18. The Morgan fingerprint density at radius 1 is 1.12 bits per heavy atom. The maximum absolute atomic E-state index is 12.7. The van der Waals surface area contributed by atoms with Gasteiger partial charge in [-0.3, -0.25) is 0 Å². The summed E-state index contributed by atoms with van der Waals surface area (Å²) in [7, 11) is 0. The number of aryl methyl sites for hydroxylation is 1. The minimum Gasteiger partial charge on any atom is -0.435 e. The molecule has 136 valence electrons. The van der Waals surface area contributed by atoms with Gasteiger partial charge in [-0.1, -0.05) is 65.5 Å². The molecule has 1 amide bonds. The van der Waals surface area contributed by atoms with Crippen LogP contribution in [0.5, 0.6) is 0 Å². The third kappa shape index (κ3) is 2.32. The molecule has 1 aromatic carbocycles. The van der Waals surface area contributed by atoms with Gasteiger partial charge in [-0.15, -0.1) is 0 Å². The average Bonchev–Trinajstić information content (AvgIpc) is 2.87. The number of carboxylic acid groups (broad SMARTS) is 1. The number of carbonyl (C=O) groups is 1. The Morgan fingerprint density at radius 3 is 2.56 bits per heavy atom. The fraction of sp³-hybridized carbons (Fsp3) is 0.632. The molecule has 2 fully saturated rings. The van der Waals surface area contributed by atoms with E-state index >= 15 is 0 Å². The molecule has 4 rings (SSSR count). The minimum absolute atomic E-state index is 0.00785. The quantitative estimate of drug-likeness (QED) is 0.485. The van der Waals surface area contributed by atoms with E-state index in [9.17, 15) is 9.90 Å². The lowest BCUT2D eigenvalue weighted by Crippen LogP contribution is -2.69. The fourth-order valence-electron chi connectivity index (χ4n) is 6.38. The number of fused-ring (bicyclic) bond motifs is 1. The molecule has 1 aromatic rings. The van der Waals surface area contributed by atoms with Gasteiger partial charge in [-0.25, -0.2) is 4.48 Å². The molecule has 6 heteroatoms. The molecule has 1 N–H and O–H groups in total. The van der Waals surface area contributed by atoms with E-state index in [0.29, 0.717) is 6.54 Å². The third-order valence-corrected chi connectivity index (χ3v) is 7.53. The molecule has 0 bridgehead atoms. The van der Waals surface area contributed by atoms with E-state index in [2.05, 4.69) is 12.1 Å². The number of quaternary nitrogens is 1. The summed E-state index contributed by atoms with van der Waals surface area (Å²) in [4.78, 5) is 12.7. The number of benzene rings is 1. The Morgan fingerprint density at radius 2 is 1.84 bits per heavy atom. The van der Waals surface area contributed by atoms with Gasteiger partial charge < -0.3 is 5.11 Å². The summed E-state index contributed by atoms with van der Waals surface area (Å²) in [6.07, 6.45) is 6.23. The highest BCUT2D eigenvalue weighted by Crippen LogP contribution is 2.68. The van der Waals surface area contributed by atoms with Crippen molar-refractivity contribution in [3.63, 3.8) is 0 Å². The highest BCUT2D eigenvalue weighted by Gasteiger charge is 2.75. The molecule has 0 spiro atoms. The number of hydrogen-bond donors (Lipinski definition) is 1. The largest absolute Gasteiger partial charge is 0.514 e. The zero-order valence-electron chi connectivity index (χ0n) is 14.1. The second-order valence-electron chi connectivity index (χ2n) is 8.00. The Balaban J connectivity index is 2.01. The Hall–Kier alpha value is -0.480. The number of halogens is 3. The molecule has 0 radical (unpaired) electrons. The molecular weight excluding hydrogens is 381 g/mol. The monoisotopic (exact) mass is 402 g/mol. The van der Waals surface area contributed by atoms with E-state index < -0.39 is 15.4 Å². The fourth-order valence-corrected chi connectivity index (χ4v) is 6.99. The van der Waals surface area contributed by atoms with Crippen LogP contribution in [0.1, 0.15) is 49.7 Å². The van der Waals surface area contributed by atoms with E-state index in [4.69, 9.17) is 34.8 Å². The topological polar surface area (TPSA) is 37.3 Å². The van der Waals surface area contributed by atoms with Crippen LogP contribution < -0.4 is 0 Å². The Bertz CT molecular complexity index is 719.